The zero-order chi connectivity index (χ0) is 14.5. The van der Waals surface area contributed by atoms with Gasteiger partial charge >= 0.3 is 0 Å². The van der Waals surface area contributed by atoms with Crippen molar-refractivity contribution in [3.8, 4) is 9.75 Å². The number of rotatable bonds is 1. The maximum atomic E-state index is 2.31. The van der Waals surface area contributed by atoms with Crippen LogP contribution in [-0.4, -0.2) is 0 Å². The molecule has 0 bridgehead atoms. The van der Waals surface area contributed by atoms with Gasteiger partial charge in [0, 0.05) is 19.5 Å². The molecule has 2 aromatic heterocycles. The average Bonchev–Trinajstić information content (AvgIpc) is 2.72. The summed E-state index contributed by atoms with van der Waals surface area (Å²) < 4.78 is 0. The molecule has 0 aliphatic carbocycles. The maximum absolute atomic E-state index is 2.31. The highest BCUT2D eigenvalue weighted by Gasteiger charge is 2.24. The molecule has 2 heterocycles. The fourth-order valence-electron chi connectivity index (χ4n) is 2.49. The van der Waals surface area contributed by atoms with Gasteiger partial charge in [0.15, 0.2) is 0 Å². The van der Waals surface area contributed by atoms with E-state index in [9.17, 15) is 0 Å². The molecule has 0 atom stereocenters. The molecule has 104 valence electrons. The van der Waals surface area contributed by atoms with Crippen LogP contribution in [0.4, 0.5) is 0 Å². The quantitative estimate of drug-likeness (QED) is 0.577. The Balaban J connectivity index is 2.67. The molecule has 0 spiro atoms. The minimum absolute atomic E-state index is 0.243. The smallest absolute Gasteiger partial charge is 0.0480 e. The van der Waals surface area contributed by atoms with Crippen LogP contribution in [0.1, 0.15) is 52.8 Å². The molecule has 2 aromatic rings. The zero-order valence-electron chi connectivity index (χ0n) is 13.3. The second-order valence-electron chi connectivity index (χ2n) is 6.50. The Morgan fingerprint density at radius 3 is 1.47 bits per heavy atom. The van der Waals surface area contributed by atoms with Crippen LogP contribution in [0.2, 0.25) is 0 Å². The second-order valence-corrected chi connectivity index (χ2v) is 8.74. The minimum Gasteiger partial charge on any atom is -0.139 e. The monoisotopic (exact) mass is 292 g/mol. The van der Waals surface area contributed by atoms with Crippen LogP contribution < -0.4 is 0 Å². The molecule has 0 aromatic carbocycles. The average molecular weight is 293 g/mol. The molecule has 0 nitrogen and oxygen atoms in total. The Morgan fingerprint density at radius 2 is 1.11 bits per heavy atom. The van der Waals surface area contributed by atoms with Crippen molar-refractivity contribution < 1.29 is 0 Å². The summed E-state index contributed by atoms with van der Waals surface area (Å²) in [4.78, 5) is 5.95. The van der Waals surface area contributed by atoms with Crippen molar-refractivity contribution in [2.75, 3.05) is 0 Å². The summed E-state index contributed by atoms with van der Waals surface area (Å²) in [5, 5.41) is 0. The lowest BCUT2D eigenvalue weighted by atomic mass is 9.91. The number of aryl methyl sites for hydroxylation is 1. The molecule has 19 heavy (non-hydrogen) atoms. The molecule has 0 unspecified atom stereocenters. The topological polar surface area (TPSA) is 0 Å². The molecule has 2 rings (SSSR count). The molecule has 2 heteroatoms. The standard InChI is InChI=1S/C17H24S2/c1-9-10(2)14(18-13(9)5)15-11(3)12(4)16(19-15)17(6,7)8/h1-8H3. The van der Waals surface area contributed by atoms with E-state index in [2.05, 4.69) is 55.4 Å². The van der Waals surface area contributed by atoms with E-state index in [1.165, 1.54) is 41.8 Å². The van der Waals surface area contributed by atoms with Crippen molar-refractivity contribution in [2.24, 2.45) is 0 Å². The van der Waals surface area contributed by atoms with E-state index in [4.69, 9.17) is 0 Å². The Kier molecular flexibility index (Phi) is 3.70. The van der Waals surface area contributed by atoms with Crippen molar-refractivity contribution in [1.82, 2.24) is 0 Å². The Bertz CT molecular complexity index is 619. The van der Waals surface area contributed by atoms with Crippen LogP contribution in [-0.2, 0) is 5.41 Å². The van der Waals surface area contributed by atoms with Gasteiger partial charge in [-0.05, 0) is 62.3 Å². The van der Waals surface area contributed by atoms with E-state index in [0.717, 1.165) is 0 Å². The van der Waals surface area contributed by atoms with Gasteiger partial charge in [0.1, 0.15) is 0 Å². The van der Waals surface area contributed by atoms with Crippen LogP contribution in [0.25, 0.3) is 9.75 Å². The van der Waals surface area contributed by atoms with Crippen LogP contribution in [0.3, 0.4) is 0 Å². The summed E-state index contributed by atoms with van der Waals surface area (Å²) in [6, 6.07) is 0. The number of thiophene rings is 2. The van der Waals surface area contributed by atoms with E-state index in [-0.39, 0.29) is 5.41 Å². The summed E-state index contributed by atoms with van der Waals surface area (Å²) >= 11 is 3.94. The first-order chi connectivity index (χ1) is 8.64. The van der Waals surface area contributed by atoms with E-state index < -0.39 is 0 Å². The lowest BCUT2D eigenvalue weighted by Crippen LogP contribution is -2.10. The molecular weight excluding hydrogens is 268 g/mol. The highest BCUT2D eigenvalue weighted by atomic mass is 32.1. The van der Waals surface area contributed by atoms with Crippen molar-refractivity contribution in [1.29, 1.82) is 0 Å². The van der Waals surface area contributed by atoms with Gasteiger partial charge in [-0.1, -0.05) is 20.8 Å². The predicted molar refractivity (Wildman–Crippen MR) is 90.0 cm³/mol. The summed E-state index contributed by atoms with van der Waals surface area (Å²) in [6.07, 6.45) is 0. The summed E-state index contributed by atoms with van der Waals surface area (Å²) in [5.41, 5.74) is 6.12. The summed E-state index contributed by atoms with van der Waals surface area (Å²) in [7, 11) is 0. The molecular formula is C17H24S2. The lowest BCUT2D eigenvalue weighted by molar-refractivity contribution is 0.600. The fraction of sp³-hybridized carbons (Fsp3) is 0.529. The van der Waals surface area contributed by atoms with Crippen LogP contribution in [0.15, 0.2) is 0 Å². The van der Waals surface area contributed by atoms with E-state index in [0.29, 0.717) is 0 Å². The van der Waals surface area contributed by atoms with E-state index in [1.807, 2.05) is 22.7 Å². The van der Waals surface area contributed by atoms with Crippen molar-refractivity contribution in [3.63, 3.8) is 0 Å². The molecule has 0 radical (unpaired) electrons. The first-order valence-corrected chi connectivity index (χ1v) is 8.45. The first-order valence-electron chi connectivity index (χ1n) is 6.82. The fourth-order valence-corrected chi connectivity index (χ4v) is 5.27. The predicted octanol–water partition coefficient (Wildman–Crippen LogP) is 6.32. The van der Waals surface area contributed by atoms with Crippen molar-refractivity contribution >= 4 is 22.7 Å². The van der Waals surface area contributed by atoms with Crippen LogP contribution in [0.5, 0.6) is 0 Å². The van der Waals surface area contributed by atoms with E-state index >= 15 is 0 Å². The van der Waals surface area contributed by atoms with Gasteiger partial charge < -0.3 is 0 Å². The number of hydrogen-bond acceptors (Lipinski definition) is 2. The molecule has 0 amide bonds. The van der Waals surface area contributed by atoms with Crippen molar-refractivity contribution in [3.05, 3.63) is 32.0 Å². The SMILES string of the molecule is Cc1sc(-c2sc(C(C)(C)C)c(C)c2C)c(C)c1C. The van der Waals surface area contributed by atoms with Gasteiger partial charge in [-0.2, -0.15) is 0 Å². The maximum Gasteiger partial charge on any atom is 0.0480 e. The third-order valence-electron chi connectivity index (χ3n) is 4.02. The van der Waals surface area contributed by atoms with Gasteiger partial charge in [-0.25, -0.2) is 0 Å². The highest BCUT2D eigenvalue weighted by molar-refractivity contribution is 7.22. The van der Waals surface area contributed by atoms with Crippen LogP contribution >= 0.6 is 22.7 Å². The largest absolute Gasteiger partial charge is 0.139 e. The third-order valence-corrected chi connectivity index (χ3v) is 7.31. The minimum atomic E-state index is 0.243. The van der Waals surface area contributed by atoms with E-state index in [1.54, 1.807) is 0 Å². The molecule has 0 N–H and O–H groups in total. The lowest BCUT2D eigenvalue weighted by Gasteiger charge is -2.17. The van der Waals surface area contributed by atoms with Gasteiger partial charge in [-0.15, -0.1) is 22.7 Å². The van der Waals surface area contributed by atoms with Gasteiger partial charge in [0.2, 0.25) is 0 Å². The van der Waals surface area contributed by atoms with Gasteiger partial charge in [0.25, 0.3) is 0 Å². The Morgan fingerprint density at radius 1 is 0.632 bits per heavy atom. The van der Waals surface area contributed by atoms with Crippen LogP contribution in [0, 0.1) is 34.6 Å². The Hall–Kier alpha value is -0.600. The summed E-state index contributed by atoms with van der Waals surface area (Å²) in [5.74, 6) is 0. The second kappa shape index (κ2) is 4.75. The Labute approximate surface area is 125 Å². The molecule has 0 fully saturated rings. The number of hydrogen-bond donors (Lipinski definition) is 0. The molecule has 0 saturated heterocycles. The van der Waals surface area contributed by atoms with Gasteiger partial charge in [-0.3, -0.25) is 0 Å². The molecule has 0 aliphatic rings. The molecule has 0 saturated carbocycles. The zero-order valence-corrected chi connectivity index (χ0v) is 14.9. The first kappa shape index (κ1) is 14.8. The molecule has 0 aliphatic heterocycles. The highest BCUT2D eigenvalue weighted by Crippen LogP contribution is 2.45. The third kappa shape index (κ3) is 2.41. The van der Waals surface area contributed by atoms with Gasteiger partial charge in [0.05, 0.1) is 0 Å². The normalized spacial score (nSPS) is 12.2. The summed E-state index contributed by atoms with van der Waals surface area (Å²) in [6.45, 7) is 18.2. The van der Waals surface area contributed by atoms with Crippen molar-refractivity contribution in [2.45, 2.75) is 60.8 Å².